The number of carbonyl (C=O) groups is 2. The van der Waals surface area contributed by atoms with Crippen molar-refractivity contribution in [3.63, 3.8) is 0 Å². The van der Waals surface area contributed by atoms with Crippen LogP contribution >= 0.6 is 34.3 Å². The molecule has 2 amide bonds. The molecule has 8 nitrogen and oxygen atoms in total. The molecule has 2 unspecified atom stereocenters. The lowest BCUT2D eigenvalue weighted by Gasteiger charge is -2.33. The first kappa shape index (κ1) is 23.7. The Hall–Kier alpha value is -1.50. The summed E-state index contributed by atoms with van der Waals surface area (Å²) < 4.78 is 29.1. The Balaban J connectivity index is 1.42. The molecule has 4 rings (SSSR count). The van der Waals surface area contributed by atoms with Crippen LogP contribution < -0.4 is 4.72 Å². The van der Waals surface area contributed by atoms with Crippen molar-refractivity contribution in [2.75, 3.05) is 26.2 Å². The third-order valence-corrected chi connectivity index (χ3v) is 10.2. The number of thiophene rings is 2. The smallest absolute Gasteiger partial charge is 0.250 e. The number of aliphatic hydroxyl groups is 1. The van der Waals surface area contributed by atoms with Gasteiger partial charge in [0.05, 0.1) is 23.5 Å². The van der Waals surface area contributed by atoms with Crippen LogP contribution in [0.1, 0.15) is 25.7 Å². The van der Waals surface area contributed by atoms with E-state index < -0.39 is 22.0 Å². The van der Waals surface area contributed by atoms with Crippen molar-refractivity contribution in [2.45, 2.75) is 42.0 Å². The summed E-state index contributed by atoms with van der Waals surface area (Å²) in [5, 5.41) is 9.44. The quantitative estimate of drug-likeness (QED) is 0.586. The van der Waals surface area contributed by atoms with Crippen molar-refractivity contribution in [3.05, 3.63) is 28.6 Å². The first-order chi connectivity index (χ1) is 15.3. The average Bonchev–Trinajstić information content (AvgIpc) is 3.50. The van der Waals surface area contributed by atoms with Gasteiger partial charge in [-0.2, -0.15) is 4.72 Å². The number of hydrogen-bond acceptors (Lipinski definition) is 7. The number of nitrogens with one attached hydrogen (secondary N) is 1. The first-order valence-electron chi connectivity index (χ1n) is 10.4. The molecule has 174 valence electrons. The lowest BCUT2D eigenvalue weighted by Crippen LogP contribution is -2.55. The fourth-order valence-electron chi connectivity index (χ4n) is 4.10. The fraction of sp³-hybridized carbons (Fsp3) is 0.500. The van der Waals surface area contributed by atoms with Crippen LogP contribution in [0.25, 0.3) is 9.75 Å². The van der Waals surface area contributed by atoms with Gasteiger partial charge in [-0.05, 0) is 49.9 Å². The zero-order valence-electron chi connectivity index (χ0n) is 17.2. The zero-order chi connectivity index (χ0) is 22.9. The Morgan fingerprint density at radius 1 is 1.12 bits per heavy atom. The second-order valence-electron chi connectivity index (χ2n) is 7.86. The molecule has 2 saturated heterocycles. The molecule has 2 atom stereocenters. The highest BCUT2D eigenvalue weighted by atomic mass is 35.5. The van der Waals surface area contributed by atoms with Crippen molar-refractivity contribution in [3.8, 4) is 9.75 Å². The first-order valence-corrected chi connectivity index (χ1v) is 13.8. The molecule has 2 aromatic rings. The van der Waals surface area contributed by atoms with E-state index >= 15 is 0 Å². The third kappa shape index (κ3) is 5.02. The predicted molar refractivity (Wildman–Crippen MR) is 124 cm³/mol. The van der Waals surface area contributed by atoms with Gasteiger partial charge in [0.1, 0.15) is 10.3 Å². The summed E-state index contributed by atoms with van der Waals surface area (Å²) in [7, 11) is -3.89. The number of likely N-dealkylation sites (tertiary alicyclic amines) is 2. The summed E-state index contributed by atoms with van der Waals surface area (Å²) >= 11 is 8.46. The highest BCUT2D eigenvalue weighted by Crippen LogP contribution is 2.36. The van der Waals surface area contributed by atoms with Gasteiger partial charge in [-0.15, -0.1) is 22.7 Å². The minimum Gasteiger partial charge on any atom is -0.394 e. The summed E-state index contributed by atoms with van der Waals surface area (Å²) in [4.78, 5) is 30.3. The maximum atomic E-state index is 12.9. The van der Waals surface area contributed by atoms with Crippen LogP contribution in [0.2, 0.25) is 4.34 Å². The molecular weight excluding hydrogens is 494 g/mol. The molecular formula is C20H24ClN3O5S3. The third-order valence-electron chi connectivity index (χ3n) is 5.72. The molecule has 0 bridgehead atoms. The SMILES string of the molecule is O=C1C(NS(=O)(=O)c2ccc(-c3ccc(Cl)s3)s2)CCCN1CC(=O)N1CCCC1CO. The van der Waals surface area contributed by atoms with Crippen LogP contribution in [0.4, 0.5) is 0 Å². The Morgan fingerprint density at radius 3 is 2.56 bits per heavy atom. The summed E-state index contributed by atoms with van der Waals surface area (Å²) in [5.74, 6) is -0.606. The standard InChI is InChI=1S/C20H24ClN3O5S3/c21-17-7-5-15(30-17)16-6-8-19(31-16)32(28,29)22-14-4-2-9-23(20(14)27)11-18(26)24-10-1-3-13(24)12-25/h5-8,13-14,22,25H,1-4,9-12H2. The molecule has 4 heterocycles. The van der Waals surface area contributed by atoms with E-state index in [4.69, 9.17) is 11.6 Å². The van der Waals surface area contributed by atoms with E-state index in [0.717, 1.165) is 33.9 Å². The van der Waals surface area contributed by atoms with Crippen molar-refractivity contribution in [1.82, 2.24) is 14.5 Å². The van der Waals surface area contributed by atoms with Gasteiger partial charge < -0.3 is 14.9 Å². The number of nitrogens with zero attached hydrogens (tertiary/aromatic N) is 2. The van der Waals surface area contributed by atoms with E-state index in [9.17, 15) is 23.1 Å². The van der Waals surface area contributed by atoms with Gasteiger partial charge in [-0.1, -0.05) is 11.6 Å². The second-order valence-corrected chi connectivity index (χ2v) is 12.6. The summed E-state index contributed by atoms with van der Waals surface area (Å²) in [6.07, 6.45) is 2.55. The van der Waals surface area contributed by atoms with Crippen LogP contribution in [0, 0.1) is 0 Å². The van der Waals surface area contributed by atoms with E-state index in [1.165, 1.54) is 22.3 Å². The Bertz CT molecular complexity index is 1100. The molecule has 2 aliphatic rings. The van der Waals surface area contributed by atoms with Crippen molar-refractivity contribution in [2.24, 2.45) is 0 Å². The molecule has 32 heavy (non-hydrogen) atoms. The monoisotopic (exact) mass is 517 g/mol. The molecule has 0 saturated carbocycles. The number of carbonyl (C=O) groups excluding carboxylic acids is 2. The molecule has 2 aromatic heterocycles. The van der Waals surface area contributed by atoms with Crippen molar-refractivity contribution < 1.29 is 23.1 Å². The van der Waals surface area contributed by atoms with Gasteiger partial charge in [0.25, 0.3) is 10.0 Å². The number of sulfonamides is 1. The maximum absolute atomic E-state index is 12.9. The molecule has 0 aliphatic carbocycles. The second kappa shape index (κ2) is 9.78. The van der Waals surface area contributed by atoms with Gasteiger partial charge in [-0.25, -0.2) is 8.42 Å². The van der Waals surface area contributed by atoms with Gasteiger partial charge in [0.15, 0.2) is 0 Å². The summed E-state index contributed by atoms with van der Waals surface area (Å²) in [6, 6.07) is 5.73. The lowest BCUT2D eigenvalue weighted by atomic mass is 10.1. The van der Waals surface area contributed by atoms with Crippen LogP contribution in [0.15, 0.2) is 28.5 Å². The van der Waals surface area contributed by atoms with E-state index in [0.29, 0.717) is 30.3 Å². The minimum atomic E-state index is -3.89. The van der Waals surface area contributed by atoms with Crippen LogP contribution in [-0.4, -0.2) is 73.5 Å². The molecule has 0 radical (unpaired) electrons. The van der Waals surface area contributed by atoms with Gasteiger partial charge >= 0.3 is 0 Å². The Kier molecular flexibility index (Phi) is 7.23. The Labute approximate surface area is 199 Å². The fourth-order valence-corrected chi connectivity index (χ4v) is 7.78. The highest BCUT2D eigenvalue weighted by Gasteiger charge is 2.36. The lowest BCUT2D eigenvalue weighted by molar-refractivity contribution is -0.143. The zero-order valence-corrected chi connectivity index (χ0v) is 20.4. The van der Waals surface area contributed by atoms with Gasteiger partial charge in [0.2, 0.25) is 11.8 Å². The molecule has 0 spiro atoms. The van der Waals surface area contributed by atoms with Crippen molar-refractivity contribution >= 4 is 56.1 Å². The largest absolute Gasteiger partial charge is 0.394 e. The normalized spacial score (nSPS) is 22.0. The van der Waals surface area contributed by atoms with E-state index in [-0.39, 0.29) is 29.3 Å². The number of amides is 2. The molecule has 12 heteroatoms. The average molecular weight is 518 g/mol. The van der Waals surface area contributed by atoms with Crippen LogP contribution in [0.3, 0.4) is 0 Å². The number of halogens is 1. The van der Waals surface area contributed by atoms with Crippen LogP contribution in [0.5, 0.6) is 0 Å². The molecule has 2 fully saturated rings. The van der Waals surface area contributed by atoms with Crippen LogP contribution in [-0.2, 0) is 19.6 Å². The van der Waals surface area contributed by atoms with E-state index in [1.807, 2.05) is 6.07 Å². The topological polar surface area (TPSA) is 107 Å². The maximum Gasteiger partial charge on any atom is 0.250 e. The number of aliphatic hydroxyl groups excluding tert-OH is 1. The Morgan fingerprint density at radius 2 is 1.84 bits per heavy atom. The number of piperidine rings is 1. The predicted octanol–water partition coefficient (Wildman–Crippen LogP) is 2.38. The van der Waals surface area contributed by atoms with Gasteiger partial charge in [0, 0.05) is 22.8 Å². The minimum absolute atomic E-state index is 0.0947. The molecule has 2 N–H and O–H groups in total. The van der Waals surface area contributed by atoms with E-state index in [1.54, 1.807) is 17.0 Å². The number of rotatable bonds is 7. The molecule has 0 aromatic carbocycles. The summed E-state index contributed by atoms with van der Waals surface area (Å²) in [6.45, 7) is 0.777. The highest BCUT2D eigenvalue weighted by molar-refractivity contribution is 7.91. The summed E-state index contributed by atoms with van der Waals surface area (Å²) in [5.41, 5.74) is 0. The van der Waals surface area contributed by atoms with E-state index in [2.05, 4.69) is 4.72 Å². The number of hydrogen-bond donors (Lipinski definition) is 2. The van der Waals surface area contributed by atoms with Crippen molar-refractivity contribution in [1.29, 1.82) is 0 Å². The molecule has 2 aliphatic heterocycles. The van der Waals surface area contributed by atoms with Gasteiger partial charge in [-0.3, -0.25) is 9.59 Å².